The van der Waals surface area contributed by atoms with Crippen LogP contribution < -0.4 is 16.0 Å². The van der Waals surface area contributed by atoms with Crippen molar-refractivity contribution in [3.05, 3.63) is 47.8 Å². The maximum absolute atomic E-state index is 5.78. The van der Waals surface area contributed by atoms with E-state index in [0.29, 0.717) is 6.61 Å². The Bertz CT molecular complexity index is 581. The van der Waals surface area contributed by atoms with Crippen LogP contribution in [-0.4, -0.2) is 16.4 Å². The summed E-state index contributed by atoms with van der Waals surface area (Å²) in [5.74, 6) is 6.96. The Balaban J connectivity index is 1.87. The summed E-state index contributed by atoms with van der Waals surface area (Å²) in [6, 6.07) is 8.15. The van der Waals surface area contributed by atoms with Crippen LogP contribution in [0.2, 0.25) is 0 Å². The number of ether oxygens (including phenoxy) is 1. The van der Waals surface area contributed by atoms with Gasteiger partial charge in [0, 0.05) is 29.8 Å². The van der Waals surface area contributed by atoms with E-state index in [1.165, 1.54) is 5.56 Å². The number of nitrogens with two attached hydrogens (primary N) is 1. The first-order valence-electron chi connectivity index (χ1n) is 7.03. The molecule has 1 aromatic carbocycles. The molecule has 0 saturated carbocycles. The number of para-hydroxylation sites is 1. The number of hydrogen-bond acceptors (Lipinski definition) is 4. The molecule has 0 radical (unpaired) electrons. The van der Waals surface area contributed by atoms with Crippen molar-refractivity contribution in [1.29, 1.82) is 0 Å². The highest BCUT2D eigenvalue weighted by Crippen LogP contribution is 2.40. The van der Waals surface area contributed by atoms with Gasteiger partial charge in [-0.1, -0.05) is 25.1 Å². The second-order valence-corrected chi connectivity index (χ2v) is 5.14. The van der Waals surface area contributed by atoms with E-state index in [-0.39, 0.29) is 12.0 Å². The fourth-order valence-electron chi connectivity index (χ4n) is 2.80. The van der Waals surface area contributed by atoms with E-state index in [0.717, 1.165) is 24.3 Å². The normalized spacial score (nSPS) is 18.6. The zero-order valence-corrected chi connectivity index (χ0v) is 11.6. The lowest BCUT2D eigenvalue weighted by atomic mass is 9.90. The number of hydrogen-bond donors (Lipinski definition) is 2. The van der Waals surface area contributed by atoms with Gasteiger partial charge in [0.25, 0.3) is 0 Å². The molecule has 0 bridgehead atoms. The highest BCUT2D eigenvalue weighted by Gasteiger charge is 2.32. The molecule has 2 aromatic rings. The predicted molar refractivity (Wildman–Crippen MR) is 77.3 cm³/mol. The largest absolute Gasteiger partial charge is 0.493 e. The third kappa shape index (κ3) is 2.30. The maximum atomic E-state index is 5.78. The number of nitrogens with zero attached hydrogens (tertiary/aromatic N) is 2. The minimum absolute atomic E-state index is 0.0178. The molecule has 1 aliphatic rings. The summed E-state index contributed by atoms with van der Waals surface area (Å²) in [5, 5.41) is 4.38. The zero-order chi connectivity index (χ0) is 13.9. The van der Waals surface area contributed by atoms with E-state index in [1.807, 2.05) is 29.1 Å². The van der Waals surface area contributed by atoms with Gasteiger partial charge in [-0.15, -0.1) is 0 Å². The SMILES string of the molecule is CCCn1cc(C(NN)C2COc3ccccc32)cn1. The molecule has 0 spiro atoms. The minimum Gasteiger partial charge on any atom is -0.493 e. The van der Waals surface area contributed by atoms with Crippen LogP contribution in [0, 0.1) is 0 Å². The number of aryl methyl sites for hydroxylation is 1. The molecule has 0 fully saturated rings. The lowest BCUT2D eigenvalue weighted by molar-refractivity contribution is 0.300. The van der Waals surface area contributed by atoms with Gasteiger partial charge in [0.15, 0.2) is 0 Å². The number of fused-ring (bicyclic) bond motifs is 1. The Morgan fingerprint density at radius 3 is 3.15 bits per heavy atom. The molecular formula is C15H20N4O. The Kier molecular flexibility index (Phi) is 3.71. The lowest BCUT2D eigenvalue weighted by Crippen LogP contribution is -2.33. The van der Waals surface area contributed by atoms with Crippen LogP contribution in [0.25, 0.3) is 0 Å². The van der Waals surface area contributed by atoms with Gasteiger partial charge < -0.3 is 4.74 Å². The van der Waals surface area contributed by atoms with Crippen molar-refractivity contribution in [2.24, 2.45) is 5.84 Å². The monoisotopic (exact) mass is 272 g/mol. The van der Waals surface area contributed by atoms with Crippen molar-refractivity contribution in [3.8, 4) is 5.75 Å². The molecule has 0 saturated heterocycles. The van der Waals surface area contributed by atoms with E-state index in [1.54, 1.807) is 0 Å². The van der Waals surface area contributed by atoms with Crippen LogP contribution in [0.1, 0.15) is 36.4 Å². The van der Waals surface area contributed by atoms with Gasteiger partial charge in [0.2, 0.25) is 0 Å². The van der Waals surface area contributed by atoms with Crippen LogP contribution >= 0.6 is 0 Å². The molecule has 2 atom stereocenters. The standard InChI is InChI=1S/C15H20N4O/c1-2-7-19-9-11(8-17-19)15(18-16)13-10-20-14-6-4-3-5-12(13)14/h3-6,8-9,13,15,18H,2,7,10,16H2,1H3. The molecule has 106 valence electrons. The maximum Gasteiger partial charge on any atom is 0.122 e. The number of hydrazine groups is 1. The van der Waals surface area contributed by atoms with E-state index >= 15 is 0 Å². The van der Waals surface area contributed by atoms with E-state index < -0.39 is 0 Å². The molecule has 20 heavy (non-hydrogen) atoms. The smallest absolute Gasteiger partial charge is 0.122 e. The summed E-state index contributed by atoms with van der Waals surface area (Å²) in [6.07, 6.45) is 5.02. The summed E-state index contributed by atoms with van der Waals surface area (Å²) in [4.78, 5) is 0. The van der Waals surface area contributed by atoms with Crippen LogP contribution in [-0.2, 0) is 6.54 Å². The molecular weight excluding hydrogens is 252 g/mol. The molecule has 1 aromatic heterocycles. The Labute approximate surface area is 118 Å². The molecule has 1 aliphatic heterocycles. The first kappa shape index (κ1) is 13.1. The molecule has 3 rings (SSSR count). The van der Waals surface area contributed by atoms with Crippen molar-refractivity contribution in [2.75, 3.05) is 6.61 Å². The van der Waals surface area contributed by atoms with Gasteiger partial charge in [-0.05, 0) is 12.5 Å². The number of nitrogens with one attached hydrogen (secondary N) is 1. The average molecular weight is 272 g/mol. The zero-order valence-electron chi connectivity index (χ0n) is 11.6. The summed E-state index contributed by atoms with van der Waals surface area (Å²) in [6.45, 7) is 3.71. The number of benzene rings is 1. The van der Waals surface area contributed by atoms with Gasteiger partial charge in [-0.3, -0.25) is 16.0 Å². The molecule has 5 heteroatoms. The topological polar surface area (TPSA) is 65.1 Å². The minimum atomic E-state index is 0.0178. The fourth-order valence-corrected chi connectivity index (χ4v) is 2.80. The molecule has 5 nitrogen and oxygen atoms in total. The Hall–Kier alpha value is -1.85. The van der Waals surface area contributed by atoms with Gasteiger partial charge in [-0.2, -0.15) is 5.10 Å². The molecule has 3 N–H and O–H groups in total. The van der Waals surface area contributed by atoms with E-state index in [2.05, 4.69) is 29.7 Å². The lowest BCUT2D eigenvalue weighted by Gasteiger charge is -2.20. The first-order chi connectivity index (χ1) is 9.83. The van der Waals surface area contributed by atoms with Gasteiger partial charge >= 0.3 is 0 Å². The number of rotatable bonds is 5. The molecule has 0 aliphatic carbocycles. The van der Waals surface area contributed by atoms with Crippen molar-refractivity contribution in [3.63, 3.8) is 0 Å². The van der Waals surface area contributed by atoms with E-state index in [9.17, 15) is 0 Å². The fraction of sp³-hybridized carbons (Fsp3) is 0.400. The second kappa shape index (κ2) is 5.64. The van der Waals surface area contributed by atoms with Crippen molar-refractivity contribution in [1.82, 2.24) is 15.2 Å². The third-order valence-electron chi connectivity index (χ3n) is 3.78. The van der Waals surface area contributed by atoms with Gasteiger partial charge in [0.1, 0.15) is 5.75 Å². The highest BCUT2D eigenvalue weighted by atomic mass is 16.5. The third-order valence-corrected chi connectivity index (χ3v) is 3.78. The van der Waals surface area contributed by atoms with Crippen LogP contribution in [0.4, 0.5) is 0 Å². The summed E-state index contributed by atoms with van der Waals surface area (Å²) < 4.78 is 7.71. The van der Waals surface area contributed by atoms with Crippen LogP contribution in [0.15, 0.2) is 36.7 Å². The Morgan fingerprint density at radius 2 is 2.35 bits per heavy atom. The number of aromatic nitrogens is 2. The van der Waals surface area contributed by atoms with Crippen molar-refractivity contribution < 1.29 is 4.74 Å². The van der Waals surface area contributed by atoms with Crippen LogP contribution in [0.3, 0.4) is 0 Å². The van der Waals surface area contributed by atoms with Crippen molar-refractivity contribution >= 4 is 0 Å². The highest BCUT2D eigenvalue weighted by molar-refractivity contribution is 5.41. The van der Waals surface area contributed by atoms with Gasteiger partial charge in [-0.25, -0.2) is 0 Å². The summed E-state index contributed by atoms with van der Waals surface area (Å²) >= 11 is 0. The van der Waals surface area contributed by atoms with Crippen LogP contribution in [0.5, 0.6) is 5.75 Å². The second-order valence-electron chi connectivity index (χ2n) is 5.14. The quantitative estimate of drug-likeness (QED) is 0.645. The summed E-state index contributed by atoms with van der Waals surface area (Å²) in [7, 11) is 0. The van der Waals surface area contributed by atoms with E-state index in [4.69, 9.17) is 10.6 Å². The van der Waals surface area contributed by atoms with Crippen molar-refractivity contribution in [2.45, 2.75) is 31.8 Å². The average Bonchev–Trinajstić information content (AvgIpc) is 3.09. The first-order valence-corrected chi connectivity index (χ1v) is 7.03. The molecule has 2 heterocycles. The Morgan fingerprint density at radius 1 is 1.50 bits per heavy atom. The molecule has 0 amide bonds. The summed E-state index contributed by atoms with van der Waals surface area (Å²) in [5.41, 5.74) is 5.23. The predicted octanol–water partition coefficient (Wildman–Crippen LogP) is 1.97. The van der Waals surface area contributed by atoms with Gasteiger partial charge in [0.05, 0.1) is 18.8 Å². The molecule has 2 unspecified atom stereocenters.